The van der Waals surface area contributed by atoms with Crippen LogP contribution < -0.4 is 14.8 Å². The Kier molecular flexibility index (Phi) is 9.70. The summed E-state index contributed by atoms with van der Waals surface area (Å²) in [5.74, 6) is -2.84. The second kappa shape index (κ2) is 14.4. The Balaban J connectivity index is 1.13. The van der Waals surface area contributed by atoms with E-state index in [-0.39, 0.29) is 43.3 Å². The van der Waals surface area contributed by atoms with Crippen molar-refractivity contribution in [2.45, 2.75) is 94.1 Å². The number of amides is 3. The molecule has 0 bridgehead atoms. The molecule has 56 heavy (non-hydrogen) atoms. The molecule has 2 N–H and O–H groups in total. The molecule has 3 fully saturated rings. The minimum atomic E-state index is -3.98. The van der Waals surface area contributed by atoms with E-state index in [2.05, 4.69) is 15.1 Å². The van der Waals surface area contributed by atoms with E-state index in [1.54, 1.807) is 32.3 Å². The zero-order valence-electron chi connectivity index (χ0n) is 31.4. The molecule has 3 amide bonds. The lowest BCUT2D eigenvalue weighted by Crippen LogP contribution is -2.52. The van der Waals surface area contributed by atoms with Crippen LogP contribution in [0.1, 0.15) is 81.6 Å². The minimum absolute atomic E-state index is 0.0331. The smallest absolute Gasteiger partial charge is 0.272 e. The number of carbonyl (C=O) groups excluding carboxylic acids is 4. The molecular weight excluding hydrogens is 740 g/mol. The van der Waals surface area contributed by atoms with E-state index in [4.69, 9.17) is 9.72 Å². The summed E-state index contributed by atoms with van der Waals surface area (Å²) in [6, 6.07) is 11.3. The number of Topliss-reactive ketones (excluding diaryl/α,β-unsaturated/α-hetero) is 1. The average Bonchev–Trinajstić information content (AvgIpc) is 3.97. The van der Waals surface area contributed by atoms with Crippen LogP contribution in [0.3, 0.4) is 0 Å². The second-order valence-electron chi connectivity index (χ2n) is 16.1. The number of hydrogen-bond acceptors (Lipinski definition) is 9. The number of hydrogen-bond donors (Lipinski definition) is 2. The maximum absolute atomic E-state index is 14.7. The minimum Gasteiger partial charge on any atom is -0.472 e. The van der Waals surface area contributed by atoms with Crippen molar-refractivity contribution in [1.82, 2.24) is 29.7 Å². The number of pyridine rings is 1. The second-order valence-corrected chi connectivity index (χ2v) is 18.3. The van der Waals surface area contributed by atoms with Crippen LogP contribution in [0.15, 0.2) is 66.9 Å². The fourth-order valence-corrected chi connectivity index (χ4v) is 9.53. The number of carbonyl (C=O) groups is 4. The molecule has 0 spiro atoms. The van der Waals surface area contributed by atoms with Gasteiger partial charge in [-0.15, -0.1) is 0 Å². The SMILES string of the molecule is Cn1ccc(C(=O)N[C@H]2CCCCC/C=C\[C@@H]3C[C@@]3(C(=O)NS(=O)(=O)C3(C)CC3)CC(=O)[C@@H]3C[C@@H](Oc4nc5ccccc5c5ccc(F)cc45)CN3C2=O)n1. The highest BCUT2D eigenvalue weighted by molar-refractivity contribution is 7.91. The predicted molar refractivity (Wildman–Crippen MR) is 205 cm³/mol. The third-order valence-electron chi connectivity index (χ3n) is 12.0. The zero-order chi connectivity index (χ0) is 39.4. The molecule has 8 rings (SSSR count). The maximum Gasteiger partial charge on any atom is 0.272 e. The Bertz CT molecular complexity index is 2390. The van der Waals surface area contributed by atoms with Crippen LogP contribution in [0.5, 0.6) is 5.88 Å². The van der Waals surface area contributed by atoms with Crippen LogP contribution in [0.2, 0.25) is 0 Å². The van der Waals surface area contributed by atoms with Crippen LogP contribution in [-0.4, -0.2) is 81.1 Å². The number of aryl methyl sites for hydroxylation is 1. The van der Waals surface area contributed by atoms with Crippen molar-refractivity contribution in [3.05, 3.63) is 78.4 Å². The summed E-state index contributed by atoms with van der Waals surface area (Å²) in [4.78, 5) is 62.7. The molecule has 2 aromatic carbocycles. The van der Waals surface area contributed by atoms with E-state index < -0.39 is 67.7 Å². The molecule has 5 atom stereocenters. The summed E-state index contributed by atoms with van der Waals surface area (Å²) in [6.07, 6.45) is 8.82. The number of ketones is 1. The Labute approximate surface area is 324 Å². The topological polar surface area (TPSA) is 170 Å². The number of nitrogens with zero attached hydrogens (tertiary/aromatic N) is 4. The molecule has 4 aliphatic rings. The standard InChI is InChI=1S/C41H45FN6O7S/c1-40(17-18-40)56(53,54)46-39(52)41-22-25(41)10-6-4-3-5-7-13-33(43-36(50)32-16-19-47(2)45-32)38(51)48-24-27(21-34(48)35(49)23-41)55-37-30-20-26(42)14-15-28(30)29-11-8-9-12-31(29)44-37/h6,8-12,14-16,19-20,25,27,33-34H,3-5,7,13,17-18,21-24H2,1-2H3,(H,43,50)(H,46,52)/b10-6-/t25-,27-,33+,34+,41-/m1/s1. The number of rotatable bonds is 7. The number of benzene rings is 2. The highest BCUT2D eigenvalue weighted by Crippen LogP contribution is 2.57. The van der Waals surface area contributed by atoms with Crippen molar-refractivity contribution >= 4 is 55.2 Å². The van der Waals surface area contributed by atoms with Gasteiger partial charge in [0.05, 0.1) is 28.3 Å². The van der Waals surface area contributed by atoms with Gasteiger partial charge < -0.3 is 15.0 Å². The van der Waals surface area contributed by atoms with Gasteiger partial charge in [0.1, 0.15) is 23.7 Å². The van der Waals surface area contributed by atoms with E-state index in [1.165, 1.54) is 21.7 Å². The molecule has 2 aliphatic carbocycles. The van der Waals surface area contributed by atoms with Crippen molar-refractivity contribution in [3.8, 4) is 5.88 Å². The van der Waals surface area contributed by atoms with Crippen LogP contribution in [0.25, 0.3) is 21.7 Å². The number of sulfonamides is 1. The van der Waals surface area contributed by atoms with Gasteiger partial charge in [0.2, 0.25) is 27.7 Å². The van der Waals surface area contributed by atoms with Gasteiger partial charge in [-0.3, -0.25) is 28.6 Å². The molecule has 4 heterocycles. The predicted octanol–water partition coefficient (Wildman–Crippen LogP) is 4.89. The van der Waals surface area contributed by atoms with Crippen molar-refractivity contribution in [2.75, 3.05) is 6.54 Å². The molecule has 2 aliphatic heterocycles. The average molecular weight is 785 g/mol. The fraction of sp³-hybridized carbons (Fsp3) is 0.463. The normalized spacial score (nSPS) is 27.1. The largest absolute Gasteiger partial charge is 0.472 e. The fourth-order valence-electron chi connectivity index (χ4n) is 8.20. The number of nitrogens with one attached hydrogen (secondary N) is 2. The van der Waals surface area contributed by atoms with Gasteiger partial charge in [0.15, 0.2) is 5.78 Å². The Morgan fingerprint density at radius 3 is 2.59 bits per heavy atom. The molecule has 1 saturated heterocycles. The monoisotopic (exact) mass is 784 g/mol. The molecule has 4 aromatic rings. The van der Waals surface area contributed by atoms with Crippen LogP contribution in [-0.2, 0) is 31.5 Å². The van der Waals surface area contributed by atoms with Crippen molar-refractivity contribution in [2.24, 2.45) is 18.4 Å². The van der Waals surface area contributed by atoms with E-state index in [9.17, 15) is 32.0 Å². The first-order valence-electron chi connectivity index (χ1n) is 19.3. The zero-order valence-corrected chi connectivity index (χ0v) is 32.2. The molecule has 294 valence electrons. The van der Waals surface area contributed by atoms with Gasteiger partial charge in [-0.25, -0.2) is 17.8 Å². The lowest BCUT2D eigenvalue weighted by atomic mass is 9.91. The number of para-hydroxylation sites is 1. The third-order valence-corrected chi connectivity index (χ3v) is 14.2. The van der Waals surface area contributed by atoms with Crippen molar-refractivity contribution < 1.29 is 36.7 Å². The molecule has 0 unspecified atom stereocenters. The quantitative estimate of drug-likeness (QED) is 0.196. The number of halogens is 1. The van der Waals surface area contributed by atoms with Crippen molar-refractivity contribution in [1.29, 1.82) is 0 Å². The number of aromatic nitrogens is 3. The highest BCUT2D eigenvalue weighted by Gasteiger charge is 2.62. The summed E-state index contributed by atoms with van der Waals surface area (Å²) in [6.45, 7) is 1.55. The first-order valence-corrected chi connectivity index (χ1v) is 20.8. The van der Waals surface area contributed by atoms with Gasteiger partial charge >= 0.3 is 0 Å². The van der Waals surface area contributed by atoms with E-state index >= 15 is 0 Å². The van der Waals surface area contributed by atoms with Gasteiger partial charge in [-0.1, -0.05) is 49.3 Å². The maximum atomic E-state index is 14.7. The van der Waals surface area contributed by atoms with Gasteiger partial charge in [-0.2, -0.15) is 5.10 Å². The van der Waals surface area contributed by atoms with Crippen LogP contribution in [0.4, 0.5) is 4.39 Å². The van der Waals surface area contributed by atoms with Crippen LogP contribution in [0, 0.1) is 17.2 Å². The molecule has 2 aromatic heterocycles. The number of fused-ring (bicyclic) bond motifs is 5. The first-order chi connectivity index (χ1) is 26.8. The van der Waals surface area contributed by atoms with Crippen molar-refractivity contribution in [3.63, 3.8) is 0 Å². The Hall–Kier alpha value is -5.18. The van der Waals surface area contributed by atoms with E-state index in [0.717, 1.165) is 23.6 Å². The summed E-state index contributed by atoms with van der Waals surface area (Å²) in [7, 11) is -2.29. The summed E-state index contributed by atoms with van der Waals surface area (Å²) in [5, 5.41) is 9.02. The highest BCUT2D eigenvalue weighted by atomic mass is 32.2. The van der Waals surface area contributed by atoms with Gasteiger partial charge in [-0.05, 0) is 81.0 Å². The Morgan fingerprint density at radius 2 is 1.82 bits per heavy atom. The number of allylic oxidation sites excluding steroid dienone is 2. The molecular formula is C41H45FN6O7S. The number of ether oxygens (including phenoxy) is 1. The lowest BCUT2D eigenvalue weighted by Gasteiger charge is -2.29. The summed E-state index contributed by atoms with van der Waals surface area (Å²) >= 11 is 0. The van der Waals surface area contributed by atoms with Gasteiger partial charge in [0.25, 0.3) is 5.91 Å². The molecule has 13 nitrogen and oxygen atoms in total. The lowest BCUT2D eigenvalue weighted by molar-refractivity contribution is -0.140. The van der Waals surface area contributed by atoms with E-state index in [0.29, 0.717) is 43.0 Å². The van der Waals surface area contributed by atoms with E-state index in [1.807, 2.05) is 36.4 Å². The summed E-state index contributed by atoms with van der Waals surface area (Å²) in [5.41, 5.74) is -0.546. The van der Waals surface area contributed by atoms with Gasteiger partial charge in [0, 0.05) is 36.9 Å². The molecule has 2 saturated carbocycles. The summed E-state index contributed by atoms with van der Waals surface area (Å²) < 4.78 is 50.4. The molecule has 15 heteroatoms. The van der Waals surface area contributed by atoms with Crippen LogP contribution >= 0.6 is 0 Å². The Morgan fingerprint density at radius 1 is 1.02 bits per heavy atom. The molecule has 0 radical (unpaired) electrons. The third kappa shape index (κ3) is 7.17. The first kappa shape index (κ1) is 37.7.